The van der Waals surface area contributed by atoms with Crippen molar-refractivity contribution in [3.8, 4) is 0 Å². The Morgan fingerprint density at radius 3 is 1.70 bits per heavy atom. The summed E-state index contributed by atoms with van der Waals surface area (Å²) in [6.07, 6.45) is 0.111. The standard InChI is InChI=1S/C20H20O3/c1-14(21)13-18(16-9-5-3-6-10-16)20(23)19(15(2)22)17-11-7-4-8-12-17/h3-12,18-19H,13H2,1-2H3. The van der Waals surface area contributed by atoms with E-state index in [2.05, 4.69) is 0 Å². The Labute approximate surface area is 136 Å². The van der Waals surface area contributed by atoms with Gasteiger partial charge in [-0.15, -0.1) is 0 Å². The SMILES string of the molecule is CC(=O)CC(C(=O)C(C(C)=O)c1ccccc1)c1ccccc1. The van der Waals surface area contributed by atoms with Crippen molar-refractivity contribution < 1.29 is 14.4 Å². The van der Waals surface area contributed by atoms with Crippen LogP contribution in [0.4, 0.5) is 0 Å². The van der Waals surface area contributed by atoms with Crippen LogP contribution in [0.2, 0.25) is 0 Å². The van der Waals surface area contributed by atoms with Crippen molar-refractivity contribution in [2.45, 2.75) is 32.1 Å². The molecule has 0 saturated heterocycles. The Kier molecular flexibility index (Phi) is 5.58. The second-order valence-electron chi connectivity index (χ2n) is 5.73. The smallest absolute Gasteiger partial charge is 0.155 e. The van der Waals surface area contributed by atoms with E-state index in [4.69, 9.17) is 0 Å². The van der Waals surface area contributed by atoms with Crippen LogP contribution in [0.1, 0.15) is 43.2 Å². The molecule has 0 aliphatic rings. The van der Waals surface area contributed by atoms with Crippen LogP contribution in [-0.4, -0.2) is 17.3 Å². The van der Waals surface area contributed by atoms with E-state index in [1.54, 1.807) is 24.3 Å². The summed E-state index contributed by atoms with van der Waals surface area (Å²) >= 11 is 0. The first kappa shape index (κ1) is 16.8. The fraction of sp³-hybridized carbons (Fsp3) is 0.250. The van der Waals surface area contributed by atoms with Crippen molar-refractivity contribution in [1.82, 2.24) is 0 Å². The van der Waals surface area contributed by atoms with Crippen LogP contribution in [0.5, 0.6) is 0 Å². The van der Waals surface area contributed by atoms with Gasteiger partial charge in [0.2, 0.25) is 0 Å². The van der Waals surface area contributed by atoms with E-state index in [0.29, 0.717) is 5.56 Å². The first-order valence-corrected chi connectivity index (χ1v) is 7.64. The molecule has 2 aromatic carbocycles. The third kappa shape index (κ3) is 4.22. The zero-order chi connectivity index (χ0) is 16.8. The Morgan fingerprint density at radius 2 is 1.26 bits per heavy atom. The number of Topliss-reactive ketones (excluding diaryl/α,β-unsaturated/α-hetero) is 3. The average molecular weight is 308 g/mol. The summed E-state index contributed by atoms with van der Waals surface area (Å²) in [5, 5.41) is 0. The first-order chi connectivity index (χ1) is 11.0. The van der Waals surface area contributed by atoms with Gasteiger partial charge in [0.05, 0.1) is 5.92 Å². The summed E-state index contributed by atoms with van der Waals surface area (Å²) < 4.78 is 0. The number of hydrogen-bond donors (Lipinski definition) is 0. The largest absolute Gasteiger partial charge is 0.300 e. The Hall–Kier alpha value is -2.55. The third-order valence-electron chi connectivity index (χ3n) is 3.86. The third-order valence-corrected chi connectivity index (χ3v) is 3.86. The predicted molar refractivity (Wildman–Crippen MR) is 89.4 cm³/mol. The topological polar surface area (TPSA) is 51.2 Å². The summed E-state index contributed by atoms with van der Waals surface area (Å²) in [5.41, 5.74) is 1.45. The lowest BCUT2D eigenvalue weighted by molar-refractivity contribution is -0.131. The van der Waals surface area contributed by atoms with Gasteiger partial charge in [-0.25, -0.2) is 0 Å². The molecule has 0 aromatic heterocycles. The normalized spacial score (nSPS) is 13.1. The maximum absolute atomic E-state index is 13.0. The molecular formula is C20H20O3. The number of carbonyl (C=O) groups is 3. The van der Waals surface area contributed by atoms with Crippen molar-refractivity contribution in [3.63, 3.8) is 0 Å². The lowest BCUT2D eigenvalue weighted by Crippen LogP contribution is -2.27. The van der Waals surface area contributed by atoms with Crippen LogP contribution >= 0.6 is 0 Å². The minimum absolute atomic E-state index is 0.0671. The van der Waals surface area contributed by atoms with Crippen molar-refractivity contribution in [1.29, 1.82) is 0 Å². The minimum atomic E-state index is -0.833. The molecule has 3 nitrogen and oxygen atoms in total. The highest BCUT2D eigenvalue weighted by Crippen LogP contribution is 2.30. The maximum Gasteiger partial charge on any atom is 0.155 e. The molecule has 2 aromatic rings. The zero-order valence-corrected chi connectivity index (χ0v) is 13.4. The van der Waals surface area contributed by atoms with Crippen molar-refractivity contribution in [3.05, 3.63) is 71.8 Å². The number of hydrogen-bond acceptors (Lipinski definition) is 3. The van der Waals surface area contributed by atoms with Gasteiger partial charge in [0.1, 0.15) is 17.5 Å². The number of rotatable bonds is 7. The van der Waals surface area contributed by atoms with Gasteiger partial charge in [-0.05, 0) is 25.0 Å². The van der Waals surface area contributed by atoms with E-state index in [-0.39, 0.29) is 23.8 Å². The predicted octanol–water partition coefficient (Wildman–Crippen LogP) is 3.69. The molecule has 0 amide bonds. The molecule has 0 heterocycles. The second-order valence-corrected chi connectivity index (χ2v) is 5.73. The molecule has 0 N–H and O–H groups in total. The molecule has 0 saturated carbocycles. The molecule has 2 unspecified atom stereocenters. The van der Waals surface area contributed by atoms with Crippen LogP contribution in [-0.2, 0) is 14.4 Å². The van der Waals surface area contributed by atoms with Gasteiger partial charge in [0.25, 0.3) is 0 Å². The highest BCUT2D eigenvalue weighted by molar-refractivity contribution is 6.10. The maximum atomic E-state index is 13.0. The first-order valence-electron chi connectivity index (χ1n) is 7.64. The van der Waals surface area contributed by atoms with Crippen LogP contribution in [0.25, 0.3) is 0 Å². The quantitative estimate of drug-likeness (QED) is 0.733. The van der Waals surface area contributed by atoms with E-state index in [0.717, 1.165) is 5.56 Å². The lowest BCUT2D eigenvalue weighted by atomic mass is 9.80. The second kappa shape index (κ2) is 7.63. The van der Waals surface area contributed by atoms with Crippen molar-refractivity contribution >= 4 is 17.3 Å². The van der Waals surface area contributed by atoms with Gasteiger partial charge >= 0.3 is 0 Å². The molecule has 0 fully saturated rings. The summed E-state index contributed by atoms with van der Waals surface area (Å²) in [4.78, 5) is 36.8. The summed E-state index contributed by atoms with van der Waals surface area (Å²) in [5.74, 6) is -1.91. The molecular weight excluding hydrogens is 288 g/mol. The number of ketones is 3. The summed E-state index contributed by atoms with van der Waals surface area (Å²) in [6.45, 7) is 2.89. The van der Waals surface area contributed by atoms with Crippen LogP contribution in [0.3, 0.4) is 0 Å². The molecule has 23 heavy (non-hydrogen) atoms. The molecule has 2 atom stereocenters. The van der Waals surface area contributed by atoms with E-state index in [9.17, 15) is 14.4 Å². The van der Waals surface area contributed by atoms with Crippen molar-refractivity contribution in [2.75, 3.05) is 0 Å². The Morgan fingerprint density at radius 1 is 0.783 bits per heavy atom. The number of carbonyl (C=O) groups excluding carboxylic acids is 3. The Bertz CT molecular complexity index is 689. The van der Waals surface area contributed by atoms with Crippen molar-refractivity contribution in [2.24, 2.45) is 0 Å². The number of benzene rings is 2. The lowest BCUT2D eigenvalue weighted by Gasteiger charge is -2.21. The molecule has 3 heteroatoms. The van der Waals surface area contributed by atoms with E-state index in [1.165, 1.54) is 13.8 Å². The fourth-order valence-electron chi connectivity index (χ4n) is 2.80. The summed E-state index contributed by atoms with van der Waals surface area (Å²) in [6, 6.07) is 18.2. The van der Waals surface area contributed by atoms with Crippen LogP contribution in [0.15, 0.2) is 60.7 Å². The van der Waals surface area contributed by atoms with E-state index < -0.39 is 11.8 Å². The average Bonchev–Trinajstić information content (AvgIpc) is 2.54. The van der Waals surface area contributed by atoms with E-state index in [1.807, 2.05) is 36.4 Å². The molecule has 2 rings (SSSR count). The monoisotopic (exact) mass is 308 g/mol. The molecule has 0 aliphatic carbocycles. The highest BCUT2D eigenvalue weighted by Gasteiger charge is 2.32. The molecule has 0 bridgehead atoms. The van der Waals surface area contributed by atoms with Gasteiger partial charge in [0, 0.05) is 6.42 Å². The van der Waals surface area contributed by atoms with Crippen LogP contribution < -0.4 is 0 Å². The van der Waals surface area contributed by atoms with Gasteiger partial charge in [-0.1, -0.05) is 60.7 Å². The van der Waals surface area contributed by atoms with Gasteiger partial charge in [-0.2, -0.15) is 0 Å². The summed E-state index contributed by atoms with van der Waals surface area (Å²) in [7, 11) is 0. The minimum Gasteiger partial charge on any atom is -0.300 e. The van der Waals surface area contributed by atoms with Crippen LogP contribution in [0, 0.1) is 0 Å². The van der Waals surface area contributed by atoms with Gasteiger partial charge < -0.3 is 0 Å². The van der Waals surface area contributed by atoms with Gasteiger partial charge in [0.15, 0.2) is 5.78 Å². The molecule has 0 spiro atoms. The Balaban J connectivity index is 2.42. The fourth-order valence-corrected chi connectivity index (χ4v) is 2.80. The molecule has 0 aliphatic heterocycles. The highest BCUT2D eigenvalue weighted by atomic mass is 16.2. The zero-order valence-electron chi connectivity index (χ0n) is 13.4. The van der Waals surface area contributed by atoms with Gasteiger partial charge in [-0.3, -0.25) is 14.4 Å². The van der Waals surface area contributed by atoms with E-state index >= 15 is 0 Å². The molecule has 0 radical (unpaired) electrons. The molecule has 118 valence electrons.